The van der Waals surface area contributed by atoms with Crippen molar-refractivity contribution in [3.63, 3.8) is 0 Å². The highest BCUT2D eigenvalue weighted by Gasteiger charge is 2.49. The van der Waals surface area contributed by atoms with Crippen molar-refractivity contribution in [3.05, 3.63) is 77.3 Å². The molecule has 11 nitrogen and oxygen atoms in total. The molecule has 4 heterocycles. The molecule has 1 aromatic heterocycles. The van der Waals surface area contributed by atoms with Crippen LogP contribution < -0.4 is 11.1 Å². The molecule has 12 heteroatoms. The average Bonchev–Trinajstić information content (AvgIpc) is 3.76. The summed E-state index contributed by atoms with van der Waals surface area (Å²) in [7, 11) is 0. The molecular formula is C37H41N7O4S. The molecule has 3 aliphatic heterocycles. The fourth-order valence-electron chi connectivity index (χ4n) is 7.79. The number of guanidine groups is 1. The Hall–Kier alpha value is -4.84. The third-order valence-electron chi connectivity index (χ3n) is 10.2. The number of rotatable bonds is 10. The lowest BCUT2D eigenvalue weighted by Gasteiger charge is -2.39. The number of aromatic nitrogens is 1. The maximum atomic E-state index is 14.0. The number of thiazole rings is 1. The van der Waals surface area contributed by atoms with Gasteiger partial charge >= 0.3 is 0 Å². The smallest absolute Gasteiger partial charge is 0.245 e. The Morgan fingerprint density at radius 3 is 2.65 bits per heavy atom. The second-order valence-electron chi connectivity index (χ2n) is 13.4. The molecule has 0 aliphatic carbocycles. The Morgan fingerprint density at radius 2 is 1.82 bits per heavy atom. The molecular weight excluding hydrogens is 639 g/mol. The monoisotopic (exact) mass is 679 g/mol. The summed E-state index contributed by atoms with van der Waals surface area (Å²) in [5, 5.41) is 13.6. The van der Waals surface area contributed by atoms with Crippen LogP contribution in [-0.4, -0.2) is 93.5 Å². The van der Waals surface area contributed by atoms with Crippen LogP contribution in [0.25, 0.3) is 21.0 Å². The largest absolute Gasteiger partial charge is 0.370 e. The number of Topliss-reactive ketones (excluding diaryl/α,β-unsaturated/α-hetero) is 1. The number of piperidine rings is 1. The number of nitrogens with two attached hydrogens (primary N) is 1. The Balaban J connectivity index is 1.03. The minimum absolute atomic E-state index is 0.00401. The first-order chi connectivity index (χ1) is 23.8. The van der Waals surface area contributed by atoms with Crippen LogP contribution in [0, 0.1) is 11.3 Å². The number of nitrogens with one attached hydrogen (secondary N) is 2. The fourth-order valence-corrected chi connectivity index (χ4v) is 8.75. The minimum Gasteiger partial charge on any atom is -0.370 e. The average molecular weight is 680 g/mol. The van der Waals surface area contributed by atoms with Crippen molar-refractivity contribution in [2.75, 3.05) is 26.2 Å². The number of hydrogen-bond acceptors (Lipinski definition) is 7. The fraction of sp³-hybridized carbons (Fsp3) is 0.405. The lowest BCUT2D eigenvalue weighted by molar-refractivity contribution is -0.157. The molecule has 3 aromatic carbocycles. The Bertz CT molecular complexity index is 1890. The molecule has 3 aliphatic rings. The van der Waals surface area contributed by atoms with E-state index >= 15 is 0 Å². The Labute approximate surface area is 288 Å². The zero-order valence-corrected chi connectivity index (χ0v) is 28.2. The highest BCUT2D eigenvalue weighted by molar-refractivity contribution is 7.20. The van der Waals surface area contributed by atoms with Gasteiger partial charge in [0.15, 0.2) is 11.0 Å². The maximum Gasteiger partial charge on any atom is 0.245 e. The van der Waals surface area contributed by atoms with E-state index in [1.165, 1.54) is 32.6 Å². The molecule has 4 atom stereocenters. The first kappa shape index (κ1) is 32.7. The summed E-state index contributed by atoms with van der Waals surface area (Å²) < 4.78 is 0.883. The maximum absolute atomic E-state index is 14.0. The van der Waals surface area contributed by atoms with E-state index in [1.807, 2.05) is 42.5 Å². The number of fused-ring (bicyclic) bond motifs is 3. The molecule has 3 amide bonds. The zero-order chi connectivity index (χ0) is 34.1. The van der Waals surface area contributed by atoms with Gasteiger partial charge in [-0.3, -0.25) is 24.6 Å². The summed E-state index contributed by atoms with van der Waals surface area (Å²) in [6.45, 7) is 1.61. The van der Waals surface area contributed by atoms with Gasteiger partial charge < -0.3 is 25.8 Å². The number of benzene rings is 3. The number of aryl methyl sites for hydroxylation is 1. The molecule has 254 valence electrons. The van der Waals surface area contributed by atoms with Gasteiger partial charge in [0.05, 0.1) is 22.8 Å². The van der Waals surface area contributed by atoms with Crippen LogP contribution in [0.1, 0.15) is 53.9 Å². The van der Waals surface area contributed by atoms with Crippen LogP contribution in [-0.2, 0) is 20.8 Å². The quantitative estimate of drug-likeness (QED) is 0.130. The molecule has 4 unspecified atom stereocenters. The summed E-state index contributed by atoms with van der Waals surface area (Å²) in [6, 6.07) is 19.6. The molecule has 3 fully saturated rings. The number of ketones is 1. The van der Waals surface area contributed by atoms with Crippen LogP contribution in [0.5, 0.6) is 0 Å². The highest BCUT2D eigenvalue weighted by atomic mass is 32.1. The molecule has 7 rings (SSSR count). The predicted octanol–water partition coefficient (Wildman–Crippen LogP) is 3.95. The Morgan fingerprint density at radius 1 is 1.02 bits per heavy atom. The number of likely N-dealkylation sites (tertiary alicyclic amines) is 1. The Kier molecular flexibility index (Phi) is 9.31. The van der Waals surface area contributed by atoms with Crippen molar-refractivity contribution in [2.45, 2.75) is 63.1 Å². The molecule has 0 spiro atoms. The van der Waals surface area contributed by atoms with Crippen molar-refractivity contribution < 1.29 is 19.2 Å². The number of para-hydroxylation sites is 1. The number of carbonyl (C=O) groups is 4. The highest BCUT2D eigenvalue weighted by Crippen LogP contribution is 2.31. The van der Waals surface area contributed by atoms with Crippen LogP contribution in [0.15, 0.2) is 66.7 Å². The number of hydrogen-bond donors (Lipinski definition) is 3. The minimum atomic E-state index is -0.870. The molecule has 3 saturated heterocycles. The van der Waals surface area contributed by atoms with Crippen LogP contribution >= 0.6 is 11.3 Å². The van der Waals surface area contributed by atoms with Gasteiger partial charge in [0.2, 0.25) is 23.5 Å². The van der Waals surface area contributed by atoms with E-state index in [4.69, 9.17) is 11.1 Å². The van der Waals surface area contributed by atoms with E-state index in [2.05, 4.69) is 34.6 Å². The first-order valence-corrected chi connectivity index (χ1v) is 17.9. The van der Waals surface area contributed by atoms with Gasteiger partial charge in [-0.15, -0.1) is 11.3 Å². The van der Waals surface area contributed by atoms with Crippen molar-refractivity contribution in [3.8, 4) is 0 Å². The van der Waals surface area contributed by atoms with Gasteiger partial charge in [-0.05, 0) is 79.3 Å². The van der Waals surface area contributed by atoms with Crippen LogP contribution in [0.4, 0.5) is 0 Å². The molecule has 4 aromatic rings. The van der Waals surface area contributed by atoms with Gasteiger partial charge in [0.25, 0.3) is 0 Å². The van der Waals surface area contributed by atoms with Gasteiger partial charge in [-0.2, -0.15) is 0 Å². The number of carbonyl (C=O) groups excluding carboxylic acids is 4. The normalized spacial score (nSPS) is 21.6. The standard InChI is InChI=1S/C37H41N7O4S/c38-37(39)43-19-6-8-23(21-43)20-28(33(46)35-41-27-14-3-4-15-31(27)49-35)40-34(47)29-16-17-30-36(48)42(22-32(45)44(29)30)18-7-12-25-11-5-10-24-9-1-2-13-26(24)25/h1-5,9-11,13-15,23,28-30H,6-8,12,16-22H2,(H3,38,39)(H,40,47). The second kappa shape index (κ2) is 13.9. The van der Waals surface area contributed by atoms with E-state index in [1.54, 1.807) is 9.80 Å². The summed E-state index contributed by atoms with van der Waals surface area (Å²) in [6.07, 6.45) is 4.28. The van der Waals surface area contributed by atoms with Gasteiger partial charge in [0, 0.05) is 19.6 Å². The van der Waals surface area contributed by atoms with Gasteiger partial charge in [-0.1, -0.05) is 54.6 Å². The SMILES string of the molecule is N=C(N)N1CCCC(CC(NC(=O)C2CCC3C(=O)N(CCCc4cccc5ccccc45)CC(=O)N23)C(=O)c2nc3ccccc3s2)C1. The molecule has 0 saturated carbocycles. The lowest BCUT2D eigenvalue weighted by Crippen LogP contribution is -2.62. The third kappa shape index (κ3) is 6.74. The summed E-state index contributed by atoms with van der Waals surface area (Å²) in [4.78, 5) is 64.6. The summed E-state index contributed by atoms with van der Waals surface area (Å²) >= 11 is 1.29. The van der Waals surface area contributed by atoms with Gasteiger partial charge in [0.1, 0.15) is 12.1 Å². The predicted molar refractivity (Wildman–Crippen MR) is 189 cm³/mol. The third-order valence-corrected chi connectivity index (χ3v) is 11.3. The van der Waals surface area contributed by atoms with E-state index in [0.29, 0.717) is 43.9 Å². The van der Waals surface area contributed by atoms with E-state index in [9.17, 15) is 19.2 Å². The van der Waals surface area contributed by atoms with Crippen molar-refractivity contribution in [1.29, 1.82) is 5.41 Å². The van der Waals surface area contributed by atoms with Crippen molar-refractivity contribution in [1.82, 2.24) is 25.0 Å². The van der Waals surface area contributed by atoms with Crippen LogP contribution in [0.2, 0.25) is 0 Å². The van der Waals surface area contributed by atoms with Gasteiger partial charge in [-0.25, -0.2) is 4.98 Å². The molecule has 0 bridgehead atoms. The van der Waals surface area contributed by atoms with E-state index < -0.39 is 24.0 Å². The lowest BCUT2D eigenvalue weighted by atomic mass is 9.89. The number of piperazine rings is 1. The zero-order valence-electron chi connectivity index (χ0n) is 27.3. The summed E-state index contributed by atoms with van der Waals surface area (Å²) in [5.41, 5.74) is 7.72. The first-order valence-electron chi connectivity index (χ1n) is 17.1. The molecule has 4 N–H and O–H groups in total. The van der Waals surface area contributed by atoms with E-state index in [-0.39, 0.29) is 36.0 Å². The second-order valence-corrected chi connectivity index (χ2v) is 14.4. The molecule has 49 heavy (non-hydrogen) atoms. The van der Waals surface area contributed by atoms with Crippen molar-refractivity contribution in [2.24, 2.45) is 11.7 Å². The van der Waals surface area contributed by atoms with Crippen LogP contribution in [0.3, 0.4) is 0 Å². The van der Waals surface area contributed by atoms with E-state index in [0.717, 1.165) is 35.9 Å². The number of nitrogens with zero attached hydrogens (tertiary/aromatic N) is 4. The molecule has 0 radical (unpaired) electrons. The number of amides is 3. The van der Waals surface area contributed by atoms with Crippen molar-refractivity contribution >= 4 is 61.8 Å². The summed E-state index contributed by atoms with van der Waals surface area (Å²) in [5.74, 6) is -1.05. The topological polar surface area (TPSA) is 153 Å².